The summed E-state index contributed by atoms with van der Waals surface area (Å²) in [5, 5.41) is 2.97. The van der Waals surface area contributed by atoms with Gasteiger partial charge in [0.05, 0.1) is 5.56 Å². The smallest absolute Gasteiger partial charge is 0.252 e. The standard InChI is InChI=1S/C19H27N5O/c1-15(2)18-20-9-13-24(18)12-5-8-21-19(25)16-6-7-17(22-14-16)23-10-3-4-11-23/h6-7,9,13-15H,3-5,8,10-12H2,1-2H3,(H,21,25). The Hall–Kier alpha value is -2.37. The van der Waals surface area contributed by atoms with Crippen LogP contribution in [0.5, 0.6) is 0 Å². The first kappa shape index (κ1) is 17.5. The van der Waals surface area contributed by atoms with E-state index < -0.39 is 0 Å². The highest BCUT2D eigenvalue weighted by molar-refractivity contribution is 5.94. The Kier molecular flexibility index (Phi) is 5.68. The molecule has 0 bridgehead atoms. The minimum atomic E-state index is -0.0600. The fourth-order valence-corrected chi connectivity index (χ4v) is 3.22. The van der Waals surface area contributed by atoms with Gasteiger partial charge >= 0.3 is 0 Å². The second-order valence-electron chi connectivity index (χ2n) is 6.84. The van der Waals surface area contributed by atoms with E-state index in [0.717, 1.165) is 37.7 Å². The molecular formula is C19H27N5O. The number of hydrogen-bond acceptors (Lipinski definition) is 4. The highest BCUT2D eigenvalue weighted by atomic mass is 16.1. The van der Waals surface area contributed by atoms with Crippen molar-refractivity contribution in [2.75, 3.05) is 24.5 Å². The van der Waals surface area contributed by atoms with Gasteiger partial charge in [-0.2, -0.15) is 0 Å². The zero-order chi connectivity index (χ0) is 17.6. The predicted molar refractivity (Wildman–Crippen MR) is 99.0 cm³/mol. The van der Waals surface area contributed by atoms with E-state index >= 15 is 0 Å². The van der Waals surface area contributed by atoms with Gasteiger partial charge in [-0.15, -0.1) is 0 Å². The second kappa shape index (κ2) is 8.14. The van der Waals surface area contributed by atoms with Crippen molar-refractivity contribution in [1.82, 2.24) is 19.9 Å². The molecule has 1 saturated heterocycles. The summed E-state index contributed by atoms with van der Waals surface area (Å²) in [5.41, 5.74) is 0.619. The number of aryl methyl sites for hydroxylation is 1. The third kappa shape index (κ3) is 4.38. The van der Waals surface area contributed by atoms with Gasteiger partial charge < -0.3 is 14.8 Å². The summed E-state index contributed by atoms with van der Waals surface area (Å²) in [5.74, 6) is 2.41. The molecule has 1 fully saturated rings. The molecule has 0 unspecified atom stereocenters. The summed E-state index contributed by atoms with van der Waals surface area (Å²) in [6, 6.07) is 3.81. The third-order valence-electron chi connectivity index (χ3n) is 4.57. The van der Waals surface area contributed by atoms with E-state index in [1.54, 1.807) is 6.20 Å². The van der Waals surface area contributed by atoms with Crippen molar-refractivity contribution in [3.8, 4) is 0 Å². The van der Waals surface area contributed by atoms with Crippen molar-refractivity contribution in [3.63, 3.8) is 0 Å². The van der Waals surface area contributed by atoms with Crippen molar-refractivity contribution in [2.45, 2.75) is 45.6 Å². The van der Waals surface area contributed by atoms with Gasteiger partial charge in [-0.05, 0) is 31.4 Å². The highest BCUT2D eigenvalue weighted by Crippen LogP contribution is 2.17. The molecule has 1 N–H and O–H groups in total. The largest absolute Gasteiger partial charge is 0.357 e. The van der Waals surface area contributed by atoms with E-state index in [9.17, 15) is 4.79 Å². The van der Waals surface area contributed by atoms with E-state index in [1.165, 1.54) is 12.8 Å². The number of nitrogens with one attached hydrogen (secondary N) is 1. The van der Waals surface area contributed by atoms with Crippen LogP contribution in [0.1, 0.15) is 55.2 Å². The number of carbonyl (C=O) groups excluding carboxylic acids is 1. The van der Waals surface area contributed by atoms with Gasteiger partial charge in [-0.3, -0.25) is 4.79 Å². The van der Waals surface area contributed by atoms with Crippen molar-refractivity contribution in [3.05, 3.63) is 42.1 Å². The predicted octanol–water partition coefficient (Wildman–Crippen LogP) is 2.82. The molecule has 0 aliphatic carbocycles. The average molecular weight is 341 g/mol. The van der Waals surface area contributed by atoms with Crippen LogP contribution >= 0.6 is 0 Å². The first-order valence-electron chi connectivity index (χ1n) is 9.15. The van der Waals surface area contributed by atoms with E-state index in [-0.39, 0.29) is 5.91 Å². The maximum absolute atomic E-state index is 12.2. The second-order valence-corrected chi connectivity index (χ2v) is 6.84. The lowest BCUT2D eigenvalue weighted by atomic mass is 10.2. The molecule has 0 radical (unpaired) electrons. The van der Waals surface area contributed by atoms with Crippen molar-refractivity contribution in [1.29, 1.82) is 0 Å². The molecule has 0 saturated carbocycles. The maximum Gasteiger partial charge on any atom is 0.252 e. The number of rotatable bonds is 7. The quantitative estimate of drug-likeness (QED) is 0.787. The fourth-order valence-electron chi connectivity index (χ4n) is 3.22. The molecule has 3 heterocycles. The molecule has 3 rings (SSSR count). The van der Waals surface area contributed by atoms with Gasteiger partial charge in [-0.1, -0.05) is 13.8 Å². The van der Waals surface area contributed by atoms with Crippen LogP contribution in [-0.2, 0) is 6.54 Å². The topological polar surface area (TPSA) is 63.1 Å². The highest BCUT2D eigenvalue weighted by Gasteiger charge is 2.14. The van der Waals surface area contributed by atoms with Crippen LogP contribution in [0.4, 0.5) is 5.82 Å². The summed E-state index contributed by atoms with van der Waals surface area (Å²) in [7, 11) is 0. The molecule has 6 heteroatoms. The summed E-state index contributed by atoms with van der Waals surface area (Å²) in [4.78, 5) is 23.3. The molecule has 2 aromatic heterocycles. The fraction of sp³-hybridized carbons (Fsp3) is 0.526. The van der Waals surface area contributed by atoms with Crippen molar-refractivity contribution >= 4 is 11.7 Å². The zero-order valence-electron chi connectivity index (χ0n) is 15.1. The number of amides is 1. The summed E-state index contributed by atoms with van der Waals surface area (Å²) < 4.78 is 2.16. The van der Waals surface area contributed by atoms with Crippen LogP contribution in [0.3, 0.4) is 0 Å². The molecule has 0 atom stereocenters. The van der Waals surface area contributed by atoms with Crippen LogP contribution in [0, 0.1) is 0 Å². The number of anilines is 1. The number of aromatic nitrogens is 3. The lowest BCUT2D eigenvalue weighted by Gasteiger charge is -2.16. The Labute approximate surface area is 149 Å². The van der Waals surface area contributed by atoms with Crippen LogP contribution in [0.2, 0.25) is 0 Å². The minimum absolute atomic E-state index is 0.0600. The molecule has 0 spiro atoms. The normalized spacial score (nSPS) is 14.3. The van der Waals surface area contributed by atoms with Crippen LogP contribution in [0.25, 0.3) is 0 Å². The van der Waals surface area contributed by atoms with Gasteiger partial charge in [0.2, 0.25) is 0 Å². The van der Waals surface area contributed by atoms with Gasteiger partial charge in [0, 0.05) is 50.7 Å². The van der Waals surface area contributed by atoms with Crippen molar-refractivity contribution < 1.29 is 4.79 Å². The zero-order valence-corrected chi connectivity index (χ0v) is 15.1. The Balaban J connectivity index is 1.45. The van der Waals surface area contributed by atoms with E-state index in [2.05, 4.69) is 38.6 Å². The molecule has 2 aromatic rings. The average Bonchev–Trinajstić information content (AvgIpc) is 3.30. The number of carbonyl (C=O) groups is 1. The lowest BCUT2D eigenvalue weighted by molar-refractivity contribution is 0.0952. The first-order valence-corrected chi connectivity index (χ1v) is 9.15. The Morgan fingerprint density at radius 3 is 2.72 bits per heavy atom. The monoisotopic (exact) mass is 341 g/mol. The minimum Gasteiger partial charge on any atom is -0.357 e. The lowest BCUT2D eigenvalue weighted by Crippen LogP contribution is -2.26. The first-order chi connectivity index (χ1) is 12.1. The number of pyridine rings is 1. The Bertz CT molecular complexity index is 686. The number of imidazole rings is 1. The maximum atomic E-state index is 12.2. The van der Waals surface area contributed by atoms with Gasteiger partial charge in [-0.25, -0.2) is 9.97 Å². The van der Waals surface area contributed by atoms with E-state index in [0.29, 0.717) is 18.0 Å². The van der Waals surface area contributed by atoms with Crippen molar-refractivity contribution in [2.24, 2.45) is 0 Å². The number of nitrogens with zero attached hydrogens (tertiary/aromatic N) is 4. The SMILES string of the molecule is CC(C)c1nccn1CCCNC(=O)c1ccc(N2CCCC2)nc1. The summed E-state index contributed by atoms with van der Waals surface area (Å²) in [6.45, 7) is 7.90. The molecule has 0 aromatic carbocycles. The molecule has 1 amide bonds. The molecule has 25 heavy (non-hydrogen) atoms. The van der Waals surface area contributed by atoms with Gasteiger partial charge in [0.1, 0.15) is 11.6 Å². The van der Waals surface area contributed by atoms with Gasteiger partial charge in [0.15, 0.2) is 0 Å². The van der Waals surface area contributed by atoms with Crippen LogP contribution < -0.4 is 10.2 Å². The Morgan fingerprint density at radius 1 is 1.24 bits per heavy atom. The van der Waals surface area contributed by atoms with Crippen LogP contribution in [-0.4, -0.2) is 40.1 Å². The van der Waals surface area contributed by atoms with Gasteiger partial charge in [0.25, 0.3) is 5.91 Å². The molecule has 1 aliphatic rings. The third-order valence-corrected chi connectivity index (χ3v) is 4.57. The number of hydrogen-bond donors (Lipinski definition) is 1. The summed E-state index contributed by atoms with van der Waals surface area (Å²) >= 11 is 0. The van der Waals surface area contributed by atoms with E-state index in [4.69, 9.17) is 0 Å². The molecular weight excluding hydrogens is 314 g/mol. The van der Waals surface area contributed by atoms with E-state index in [1.807, 2.05) is 24.5 Å². The molecule has 1 aliphatic heterocycles. The van der Waals surface area contributed by atoms with Crippen LogP contribution in [0.15, 0.2) is 30.7 Å². The summed E-state index contributed by atoms with van der Waals surface area (Å²) in [6.07, 6.45) is 8.83. The molecule has 6 nitrogen and oxygen atoms in total. The Morgan fingerprint density at radius 2 is 2.04 bits per heavy atom. The molecule has 134 valence electrons.